The number of aromatic nitrogens is 1. The average Bonchev–Trinajstić information content (AvgIpc) is 2.69. The standard InChI is InChI=1S/C21H23N3O3/c1-14-18(12-22)20(25)24(16-8-4-3-5-9-16)21(26)19(14)13-23-15-7-6-10-17(11-15)27-2/h6-7,10-11,13,16,26H,3-5,8-9H2,1-2H3. The molecule has 0 spiro atoms. The van der Waals surface area contributed by atoms with Crippen LogP contribution in [0, 0.1) is 18.3 Å². The van der Waals surface area contributed by atoms with Crippen LogP contribution in [0.4, 0.5) is 5.69 Å². The molecule has 27 heavy (non-hydrogen) atoms. The smallest absolute Gasteiger partial charge is 0.271 e. The van der Waals surface area contributed by atoms with Crippen molar-refractivity contribution in [3.8, 4) is 17.7 Å². The van der Waals surface area contributed by atoms with Gasteiger partial charge in [-0.15, -0.1) is 0 Å². The summed E-state index contributed by atoms with van der Waals surface area (Å²) >= 11 is 0. The number of methoxy groups -OCH3 is 1. The summed E-state index contributed by atoms with van der Waals surface area (Å²) in [6.45, 7) is 1.66. The summed E-state index contributed by atoms with van der Waals surface area (Å²) in [5, 5.41) is 20.3. The van der Waals surface area contributed by atoms with Crippen LogP contribution >= 0.6 is 0 Å². The Labute approximate surface area is 158 Å². The molecule has 0 saturated heterocycles. The first-order valence-electron chi connectivity index (χ1n) is 9.13. The summed E-state index contributed by atoms with van der Waals surface area (Å²) in [7, 11) is 1.58. The zero-order valence-corrected chi connectivity index (χ0v) is 15.6. The van der Waals surface area contributed by atoms with E-state index in [9.17, 15) is 15.2 Å². The monoisotopic (exact) mass is 365 g/mol. The molecule has 140 valence electrons. The molecule has 1 saturated carbocycles. The van der Waals surface area contributed by atoms with E-state index < -0.39 is 5.56 Å². The summed E-state index contributed by atoms with van der Waals surface area (Å²) in [5.74, 6) is 0.561. The molecule has 1 aromatic heterocycles. The Hall–Kier alpha value is -3.07. The normalized spacial score (nSPS) is 15.0. The summed E-state index contributed by atoms with van der Waals surface area (Å²) in [4.78, 5) is 17.2. The number of hydrogen-bond acceptors (Lipinski definition) is 5. The third kappa shape index (κ3) is 3.72. The van der Waals surface area contributed by atoms with E-state index in [2.05, 4.69) is 4.99 Å². The van der Waals surface area contributed by atoms with Gasteiger partial charge in [-0.3, -0.25) is 14.4 Å². The third-order valence-electron chi connectivity index (χ3n) is 5.13. The molecule has 1 N–H and O–H groups in total. The molecule has 1 aliphatic rings. The molecule has 0 amide bonds. The van der Waals surface area contributed by atoms with Crippen LogP contribution < -0.4 is 10.3 Å². The van der Waals surface area contributed by atoms with Gasteiger partial charge in [-0.1, -0.05) is 25.3 Å². The van der Waals surface area contributed by atoms with Crippen molar-refractivity contribution >= 4 is 11.9 Å². The second kappa shape index (κ2) is 8.09. The van der Waals surface area contributed by atoms with Crippen LogP contribution in [-0.2, 0) is 0 Å². The number of rotatable bonds is 4. The van der Waals surface area contributed by atoms with Crippen molar-refractivity contribution in [1.82, 2.24) is 4.57 Å². The molecule has 0 radical (unpaired) electrons. The van der Waals surface area contributed by atoms with E-state index in [1.165, 1.54) is 10.8 Å². The average molecular weight is 365 g/mol. The SMILES string of the molecule is COc1cccc(N=Cc2c(C)c(C#N)c(=O)n(C3CCCCC3)c2O)c1. The predicted molar refractivity (Wildman–Crippen MR) is 104 cm³/mol. The molecule has 1 fully saturated rings. The Morgan fingerprint density at radius 2 is 2.07 bits per heavy atom. The number of hydrogen-bond donors (Lipinski definition) is 1. The van der Waals surface area contributed by atoms with Crippen LogP contribution in [-0.4, -0.2) is 23.0 Å². The molecule has 1 heterocycles. The molecule has 0 atom stereocenters. The second-order valence-electron chi connectivity index (χ2n) is 6.78. The maximum absolute atomic E-state index is 12.8. The van der Waals surface area contributed by atoms with E-state index in [0.29, 0.717) is 22.6 Å². The summed E-state index contributed by atoms with van der Waals surface area (Å²) in [6, 6.07) is 9.14. The molecule has 2 aromatic rings. The zero-order valence-electron chi connectivity index (χ0n) is 15.6. The number of aliphatic imine (C=N–C) groups is 1. The van der Waals surface area contributed by atoms with Crippen LogP contribution in [0.15, 0.2) is 34.1 Å². The highest BCUT2D eigenvalue weighted by atomic mass is 16.5. The highest BCUT2D eigenvalue weighted by Crippen LogP contribution is 2.32. The number of aromatic hydroxyl groups is 1. The summed E-state index contributed by atoms with van der Waals surface area (Å²) < 4.78 is 6.58. The number of benzene rings is 1. The van der Waals surface area contributed by atoms with E-state index in [0.717, 1.165) is 32.1 Å². The van der Waals surface area contributed by atoms with Crippen molar-refractivity contribution in [2.75, 3.05) is 7.11 Å². The Kier molecular flexibility index (Phi) is 5.60. The quantitative estimate of drug-likeness (QED) is 0.830. The largest absolute Gasteiger partial charge is 0.497 e. The molecule has 6 heteroatoms. The van der Waals surface area contributed by atoms with Gasteiger partial charge in [0.2, 0.25) is 5.88 Å². The maximum Gasteiger partial charge on any atom is 0.271 e. The van der Waals surface area contributed by atoms with Crippen LogP contribution in [0.5, 0.6) is 11.6 Å². The minimum atomic E-state index is -0.419. The highest BCUT2D eigenvalue weighted by molar-refractivity contribution is 5.87. The van der Waals surface area contributed by atoms with Crippen molar-refractivity contribution in [2.45, 2.75) is 45.1 Å². The van der Waals surface area contributed by atoms with Crippen LogP contribution in [0.3, 0.4) is 0 Å². The first-order valence-corrected chi connectivity index (χ1v) is 9.13. The van der Waals surface area contributed by atoms with E-state index in [1.807, 2.05) is 24.3 Å². The minimum absolute atomic E-state index is 0.0606. The Morgan fingerprint density at radius 1 is 1.33 bits per heavy atom. The lowest BCUT2D eigenvalue weighted by Gasteiger charge is -2.26. The number of nitriles is 1. The molecular formula is C21H23N3O3. The summed E-state index contributed by atoms with van der Waals surface area (Å²) in [6.07, 6.45) is 6.33. The molecule has 0 unspecified atom stereocenters. The van der Waals surface area contributed by atoms with Gasteiger partial charge < -0.3 is 9.84 Å². The van der Waals surface area contributed by atoms with Gasteiger partial charge in [0.15, 0.2) is 0 Å². The predicted octanol–water partition coefficient (Wildman–Crippen LogP) is 4.00. The van der Waals surface area contributed by atoms with Gasteiger partial charge >= 0.3 is 0 Å². The van der Waals surface area contributed by atoms with Gasteiger partial charge in [0.05, 0.1) is 18.4 Å². The minimum Gasteiger partial charge on any atom is -0.497 e. The Bertz CT molecular complexity index is 964. The van der Waals surface area contributed by atoms with Crippen LogP contribution in [0.25, 0.3) is 0 Å². The number of nitrogens with zero attached hydrogens (tertiary/aromatic N) is 3. The zero-order chi connectivity index (χ0) is 19.4. The molecule has 0 bridgehead atoms. The van der Waals surface area contributed by atoms with E-state index >= 15 is 0 Å². The molecule has 3 rings (SSSR count). The highest BCUT2D eigenvalue weighted by Gasteiger charge is 2.24. The maximum atomic E-state index is 12.8. The molecule has 1 aliphatic carbocycles. The molecule has 0 aliphatic heterocycles. The first-order chi connectivity index (χ1) is 13.1. The number of pyridine rings is 1. The van der Waals surface area contributed by atoms with Crippen molar-refractivity contribution in [1.29, 1.82) is 5.26 Å². The first kappa shape index (κ1) is 18.7. The second-order valence-corrected chi connectivity index (χ2v) is 6.78. The Morgan fingerprint density at radius 3 is 2.74 bits per heavy atom. The molecule has 6 nitrogen and oxygen atoms in total. The van der Waals surface area contributed by atoms with Crippen LogP contribution in [0.1, 0.15) is 54.8 Å². The van der Waals surface area contributed by atoms with Crippen molar-refractivity contribution in [3.05, 3.63) is 51.3 Å². The van der Waals surface area contributed by atoms with Crippen molar-refractivity contribution in [2.24, 2.45) is 4.99 Å². The van der Waals surface area contributed by atoms with E-state index in [1.54, 1.807) is 20.1 Å². The van der Waals surface area contributed by atoms with Crippen LogP contribution in [0.2, 0.25) is 0 Å². The van der Waals surface area contributed by atoms with Gasteiger partial charge in [0, 0.05) is 18.3 Å². The van der Waals surface area contributed by atoms with Gasteiger partial charge in [-0.25, -0.2) is 0 Å². The number of ether oxygens (including phenoxy) is 1. The summed E-state index contributed by atoms with van der Waals surface area (Å²) in [5.41, 5.74) is 1.14. The topological polar surface area (TPSA) is 87.6 Å². The lowest BCUT2D eigenvalue weighted by molar-refractivity contribution is 0.303. The molecule has 1 aromatic carbocycles. The lowest BCUT2D eigenvalue weighted by Crippen LogP contribution is -2.30. The fraction of sp³-hybridized carbons (Fsp3) is 0.381. The van der Waals surface area contributed by atoms with Gasteiger partial charge in [-0.2, -0.15) is 5.26 Å². The van der Waals surface area contributed by atoms with Crippen molar-refractivity contribution < 1.29 is 9.84 Å². The van der Waals surface area contributed by atoms with Crippen molar-refractivity contribution in [3.63, 3.8) is 0 Å². The molecular weight excluding hydrogens is 342 g/mol. The fourth-order valence-corrected chi connectivity index (χ4v) is 3.60. The van der Waals surface area contributed by atoms with Gasteiger partial charge in [-0.05, 0) is 37.5 Å². The van der Waals surface area contributed by atoms with E-state index in [-0.39, 0.29) is 17.5 Å². The Balaban J connectivity index is 2.10. The lowest BCUT2D eigenvalue weighted by atomic mass is 9.94. The van der Waals surface area contributed by atoms with Gasteiger partial charge in [0.1, 0.15) is 17.4 Å². The third-order valence-corrected chi connectivity index (χ3v) is 5.13. The van der Waals surface area contributed by atoms with Gasteiger partial charge in [0.25, 0.3) is 5.56 Å². The fourth-order valence-electron chi connectivity index (χ4n) is 3.60. The van der Waals surface area contributed by atoms with E-state index in [4.69, 9.17) is 4.74 Å².